The van der Waals surface area contributed by atoms with Gasteiger partial charge in [0.25, 0.3) is 15.9 Å². The van der Waals surface area contributed by atoms with Gasteiger partial charge in [0.2, 0.25) is 0 Å². The van der Waals surface area contributed by atoms with E-state index in [9.17, 15) is 13.2 Å². The second kappa shape index (κ2) is 7.41. The van der Waals surface area contributed by atoms with Crippen LogP contribution in [0.15, 0.2) is 40.6 Å². The summed E-state index contributed by atoms with van der Waals surface area (Å²) in [5.74, 6) is -0.383. The topological polar surface area (TPSA) is 75.7 Å². The lowest BCUT2D eigenvalue weighted by Gasteiger charge is -2.15. The van der Waals surface area contributed by atoms with Crippen molar-refractivity contribution in [3.63, 3.8) is 0 Å². The van der Waals surface area contributed by atoms with Crippen molar-refractivity contribution in [2.24, 2.45) is 0 Å². The van der Waals surface area contributed by atoms with Crippen LogP contribution in [0.2, 0.25) is 5.02 Å². The minimum atomic E-state index is -3.93. The zero-order chi connectivity index (χ0) is 17.0. The zero-order valence-corrected chi connectivity index (χ0v) is 14.8. The number of nitrogens with zero attached hydrogens (tertiary/aromatic N) is 1. The summed E-state index contributed by atoms with van der Waals surface area (Å²) >= 11 is 7.48. The fraction of sp³-hybridized carbons (Fsp3) is 0.214. The summed E-state index contributed by atoms with van der Waals surface area (Å²) in [6, 6.07) is 7.86. The van der Waals surface area contributed by atoms with Gasteiger partial charge in [-0.15, -0.1) is 11.3 Å². The molecule has 1 aromatic heterocycles. The van der Waals surface area contributed by atoms with E-state index in [1.165, 1.54) is 43.7 Å². The molecule has 0 aliphatic rings. The molecule has 0 unspecified atom stereocenters. The molecule has 0 bridgehead atoms. The molecule has 0 saturated heterocycles. The molecule has 9 heteroatoms. The summed E-state index contributed by atoms with van der Waals surface area (Å²) in [7, 11) is -1.46. The Morgan fingerprint density at radius 3 is 2.74 bits per heavy atom. The normalized spacial score (nSPS) is 11.7. The van der Waals surface area contributed by atoms with E-state index in [1.54, 1.807) is 0 Å². The Balaban J connectivity index is 2.24. The van der Waals surface area contributed by atoms with Crippen molar-refractivity contribution in [3.05, 3.63) is 51.2 Å². The molecule has 0 spiro atoms. The van der Waals surface area contributed by atoms with Crippen LogP contribution in [-0.4, -0.2) is 33.0 Å². The number of hydrogen-bond donors (Lipinski definition) is 1. The Labute approximate surface area is 143 Å². The summed E-state index contributed by atoms with van der Waals surface area (Å²) in [5.41, 5.74) is 0.203. The highest BCUT2D eigenvalue weighted by Crippen LogP contribution is 2.25. The van der Waals surface area contributed by atoms with Crippen LogP contribution in [0.1, 0.15) is 15.2 Å². The Morgan fingerprint density at radius 1 is 1.39 bits per heavy atom. The number of hydroxylamine groups is 1. The molecule has 2 rings (SSSR count). The van der Waals surface area contributed by atoms with Crippen molar-refractivity contribution >= 4 is 38.9 Å². The van der Waals surface area contributed by atoms with E-state index >= 15 is 0 Å². The molecule has 2 aromatic rings. The van der Waals surface area contributed by atoms with Crippen LogP contribution in [0.4, 0.5) is 0 Å². The average Bonchev–Trinajstić information content (AvgIpc) is 3.05. The smallest absolute Gasteiger partial charge is 0.266 e. The Kier molecular flexibility index (Phi) is 5.77. The van der Waals surface area contributed by atoms with Crippen LogP contribution in [0.5, 0.6) is 0 Å². The minimum absolute atomic E-state index is 0.0173. The molecular weight excluding hydrogens is 360 g/mol. The summed E-state index contributed by atoms with van der Waals surface area (Å²) in [4.78, 5) is 17.7. The van der Waals surface area contributed by atoms with E-state index in [4.69, 9.17) is 16.4 Å². The fourth-order valence-corrected chi connectivity index (χ4v) is 3.88. The van der Waals surface area contributed by atoms with E-state index in [0.717, 1.165) is 4.88 Å². The van der Waals surface area contributed by atoms with Crippen molar-refractivity contribution in [3.8, 4) is 0 Å². The second-order valence-electron chi connectivity index (χ2n) is 4.50. The number of nitrogens with one attached hydrogen (secondary N) is 1. The molecule has 23 heavy (non-hydrogen) atoms. The Morgan fingerprint density at radius 2 is 2.13 bits per heavy atom. The Hall–Kier alpha value is -1.45. The largest absolute Gasteiger partial charge is 0.347 e. The number of amides is 1. The first-order chi connectivity index (χ1) is 10.9. The highest BCUT2D eigenvalue weighted by molar-refractivity contribution is 7.89. The van der Waals surface area contributed by atoms with Gasteiger partial charge in [0.1, 0.15) is 4.90 Å². The van der Waals surface area contributed by atoms with E-state index in [-0.39, 0.29) is 21.4 Å². The highest BCUT2D eigenvalue weighted by Gasteiger charge is 2.25. The van der Waals surface area contributed by atoms with E-state index < -0.39 is 10.0 Å². The molecule has 0 fully saturated rings. The molecule has 1 amide bonds. The molecule has 6 nitrogen and oxygen atoms in total. The van der Waals surface area contributed by atoms with E-state index in [1.807, 2.05) is 17.5 Å². The lowest BCUT2D eigenvalue weighted by Crippen LogP contribution is -2.27. The average molecular weight is 375 g/mol. The molecular formula is C14H15ClN2O4S2. The predicted molar refractivity (Wildman–Crippen MR) is 88.9 cm³/mol. The van der Waals surface area contributed by atoms with Crippen LogP contribution in [-0.2, 0) is 21.4 Å². The second-order valence-corrected chi connectivity index (χ2v) is 7.85. The first-order valence-electron chi connectivity index (χ1n) is 6.49. The van der Waals surface area contributed by atoms with E-state index in [0.29, 0.717) is 11.0 Å². The van der Waals surface area contributed by atoms with Crippen molar-refractivity contribution in [1.29, 1.82) is 0 Å². The quantitative estimate of drug-likeness (QED) is 0.788. The maximum atomic E-state index is 12.3. The number of carbonyl (C=O) groups excluding carboxylic acids is 1. The third-order valence-electron chi connectivity index (χ3n) is 3.07. The summed E-state index contributed by atoms with van der Waals surface area (Å²) in [6.45, 7) is 0.374. The van der Waals surface area contributed by atoms with Crippen LogP contribution in [0.3, 0.4) is 0 Å². The van der Waals surface area contributed by atoms with Crippen LogP contribution < -0.4 is 5.32 Å². The molecule has 1 heterocycles. The summed E-state index contributed by atoms with van der Waals surface area (Å²) in [6.07, 6.45) is 0. The van der Waals surface area contributed by atoms with Gasteiger partial charge in [0.05, 0.1) is 18.7 Å². The maximum absolute atomic E-state index is 12.3. The predicted octanol–water partition coefficient (Wildman–Crippen LogP) is 2.51. The number of rotatable bonds is 6. The van der Waals surface area contributed by atoms with Crippen molar-refractivity contribution < 1.29 is 18.0 Å². The third kappa shape index (κ3) is 4.10. The molecule has 0 radical (unpaired) electrons. The maximum Gasteiger partial charge on any atom is 0.266 e. The number of halogens is 1. The first-order valence-corrected chi connectivity index (χ1v) is 9.19. The first kappa shape index (κ1) is 17.9. The van der Waals surface area contributed by atoms with Gasteiger partial charge in [0, 0.05) is 17.5 Å². The summed E-state index contributed by atoms with van der Waals surface area (Å²) < 4.78 is 25.3. The standard InChI is InChI=1S/C14H15ClN2O4S2/c1-17(21-2)23(19,20)13-8-10(5-6-12(13)15)14(18)16-9-11-4-3-7-22-11/h3-8H,9H2,1-2H3,(H,16,18). The summed E-state index contributed by atoms with van der Waals surface area (Å²) in [5, 5.41) is 4.66. The van der Waals surface area contributed by atoms with Gasteiger partial charge in [-0.2, -0.15) is 0 Å². The lowest BCUT2D eigenvalue weighted by atomic mass is 10.2. The van der Waals surface area contributed by atoms with Crippen LogP contribution in [0.25, 0.3) is 0 Å². The SMILES string of the molecule is CON(C)S(=O)(=O)c1cc(C(=O)NCc2cccs2)ccc1Cl. The molecule has 0 atom stereocenters. The number of benzene rings is 1. The molecule has 0 aliphatic carbocycles. The minimum Gasteiger partial charge on any atom is -0.347 e. The molecule has 0 saturated carbocycles. The van der Waals surface area contributed by atoms with Gasteiger partial charge in [-0.3, -0.25) is 9.63 Å². The van der Waals surface area contributed by atoms with Gasteiger partial charge in [-0.1, -0.05) is 22.1 Å². The Bertz CT molecular complexity index is 791. The number of thiophene rings is 1. The van der Waals surface area contributed by atoms with Crippen LogP contribution >= 0.6 is 22.9 Å². The monoisotopic (exact) mass is 374 g/mol. The third-order valence-corrected chi connectivity index (χ3v) is 6.11. The highest BCUT2D eigenvalue weighted by atomic mass is 35.5. The van der Waals surface area contributed by atoms with Crippen molar-refractivity contribution in [2.75, 3.05) is 14.2 Å². The van der Waals surface area contributed by atoms with Crippen LogP contribution in [0, 0.1) is 0 Å². The lowest BCUT2D eigenvalue weighted by molar-refractivity contribution is -0.0258. The van der Waals surface area contributed by atoms with Crippen molar-refractivity contribution in [2.45, 2.75) is 11.4 Å². The van der Waals surface area contributed by atoms with Gasteiger partial charge >= 0.3 is 0 Å². The molecule has 0 aliphatic heterocycles. The molecule has 1 N–H and O–H groups in total. The van der Waals surface area contributed by atoms with Gasteiger partial charge in [0.15, 0.2) is 0 Å². The number of sulfonamides is 1. The fourth-order valence-electron chi connectivity index (χ4n) is 1.76. The zero-order valence-electron chi connectivity index (χ0n) is 12.4. The number of carbonyl (C=O) groups is 1. The van der Waals surface area contributed by atoms with Gasteiger partial charge < -0.3 is 5.32 Å². The van der Waals surface area contributed by atoms with Gasteiger partial charge in [-0.05, 0) is 29.6 Å². The van der Waals surface area contributed by atoms with Gasteiger partial charge in [-0.25, -0.2) is 8.42 Å². The van der Waals surface area contributed by atoms with E-state index in [2.05, 4.69) is 5.32 Å². The number of hydrogen-bond acceptors (Lipinski definition) is 5. The molecule has 1 aromatic carbocycles. The molecule has 124 valence electrons. The van der Waals surface area contributed by atoms with Crippen molar-refractivity contribution in [1.82, 2.24) is 9.79 Å².